The summed E-state index contributed by atoms with van der Waals surface area (Å²) >= 11 is 0. The summed E-state index contributed by atoms with van der Waals surface area (Å²) in [5.74, 6) is -0.287. The zero-order chi connectivity index (χ0) is 18.4. The summed E-state index contributed by atoms with van der Waals surface area (Å²) in [5.41, 5.74) is 3.76. The Morgan fingerprint density at radius 1 is 1.04 bits per heavy atom. The Kier molecular flexibility index (Phi) is 4.77. The van der Waals surface area contributed by atoms with Crippen molar-refractivity contribution in [2.24, 2.45) is 0 Å². The van der Waals surface area contributed by atoms with Gasteiger partial charge in [0.1, 0.15) is 11.0 Å². The van der Waals surface area contributed by atoms with Gasteiger partial charge in [-0.1, -0.05) is 18.2 Å². The Morgan fingerprint density at radius 2 is 1.79 bits per heavy atom. The van der Waals surface area contributed by atoms with Gasteiger partial charge in [0.25, 0.3) is 5.56 Å². The van der Waals surface area contributed by atoms with Gasteiger partial charge in [-0.15, -0.1) is 0 Å². The van der Waals surface area contributed by atoms with Crippen molar-refractivity contribution >= 4 is 11.3 Å². The zero-order valence-corrected chi connectivity index (χ0v) is 16.5. The minimum Gasteiger partial charge on any atom is -1.00 e. The maximum atomic E-state index is 13.3. The molecule has 2 aromatic carbocycles. The number of fused-ring (bicyclic) bond motifs is 1. The molecule has 0 saturated carbocycles. The number of nitrogens with one attached hydrogen (secondary N) is 1. The predicted octanol–water partition coefficient (Wildman–Crippen LogP) is -0.494. The number of hydrogen-bond donors (Lipinski definition) is 1. The minimum atomic E-state index is -0.287. The monoisotopic (exact) mass is 439 g/mol. The lowest BCUT2D eigenvalue weighted by molar-refractivity contribution is -0.00000615. The van der Waals surface area contributed by atoms with E-state index in [0.29, 0.717) is 16.6 Å². The highest BCUT2D eigenvalue weighted by molar-refractivity contribution is 5.65. The average molecular weight is 440 g/mol. The molecule has 7 heteroatoms. The fourth-order valence-electron chi connectivity index (χ4n) is 3.63. The van der Waals surface area contributed by atoms with Crippen LogP contribution < -0.4 is 33.1 Å². The maximum Gasteiger partial charge on any atom is 0.283 e. The van der Waals surface area contributed by atoms with Crippen LogP contribution >= 0.6 is 0 Å². The molecule has 0 atom stereocenters. The van der Waals surface area contributed by atoms with Crippen molar-refractivity contribution in [3.8, 4) is 16.9 Å². The second-order valence-electron chi connectivity index (χ2n) is 6.64. The summed E-state index contributed by atoms with van der Waals surface area (Å²) in [4.78, 5) is 17.9. The van der Waals surface area contributed by atoms with E-state index < -0.39 is 0 Å². The first-order valence-corrected chi connectivity index (χ1v) is 8.95. The van der Waals surface area contributed by atoms with Crippen LogP contribution in [0.5, 0.6) is 0 Å². The molecule has 1 fully saturated rings. The van der Waals surface area contributed by atoms with Gasteiger partial charge in [-0.05, 0) is 49.2 Å². The van der Waals surface area contributed by atoms with Crippen molar-refractivity contribution in [1.82, 2.24) is 19.5 Å². The molecule has 0 unspecified atom stereocenters. The molecular weight excluding hydrogens is 423 g/mol. The van der Waals surface area contributed by atoms with Gasteiger partial charge in [0.2, 0.25) is 0 Å². The van der Waals surface area contributed by atoms with Gasteiger partial charge >= 0.3 is 0 Å². The van der Waals surface area contributed by atoms with E-state index in [-0.39, 0.29) is 28.4 Å². The van der Waals surface area contributed by atoms with Crippen LogP contribution in [-0.4, -0.2) is 20.7 Å². The predicted molar refractivity (Wildman–Crippen MR) is 102 cm³/mol. The molecule has 5 nitrogen and oxygen atoms in total. The van der Waals surface area contributed by atoms with Crippen LogP contribution in [0.2, 0.25) is 0 Å². The molecule has 28 heavy (non-hydrogen) atoms. The average Bonchev–Trinajstić information content (AvgIpc) is 3.39. The molecule has 0 bridgehead atoms. The molecule has 0 radical (unpaired) electrons. The summed E-state index contributed by atoms with van der Waals surface area (Å²) in [5, 5.41) is 3.94. The van der Waals surface area contributed by atoms with Crippen molar-refractivity contribution in [3.05, 3.63) is 82.2 Å². The zero-order valence-electron chi connectivity index (χ0n) is 14.9. The van der Waals surface area contributed by atoms with Crippen molar-refractivity contribution in [3.63, 3.8) is 0 Å². The minimum absolute atomic E-state index is 0. The van der Waals surface area contributed by atoms with E-state index in [1.165, 1.54) is 12.1 Å². The van der Waals surface area contributed by atoms with Crippen LogP contribution in [0.1, 0.15) is 12.8 Å². The number of aromatic nitrogens is 3. The number of para-hydroxylation sites is 1. The highest BCUT2D eigenvalue weighted by Gasteiger charge is 2.20. The smallest absolute Gasteiger partial charge is 0.283 e. The molecule has 0 aliphatic carbocycles. The molecular formula is C21H17BrFN4O-. The number of rotatable bonds is 2. The van der Waals surface area contributed by atoms with Crippen LogP contribution in [0.25, 0.3) is 28.3 Å². The van der Waals surface area contributed by atoms with E-state index in [0.717, 1.165) is 36.3 Å². The lowest BCUT2D eigenvalue weighted by Crippen LogP contribution is -3.00. The first kappa shape index (κ1) is 18.4. The molecule has 4 aromatic rings. The van der Waals surface area contributed by atoms with Gasteiger partial charge < -0.3 is 22.3 Å². The summed E-state index contributed by atoms with van der Waals surface area (Å²) in [6, 6.07) is 15.7. The fourth-order valence-corrected chi connectivity index (χ4v) is 3.63. The van der Waals surface area contributed by atoms with Crippen LogP contribution in [0.3, 0.4) is 0 Å². The van der Waals surface area contributed by atoms with Gasteiger partial charge in [-0.3, -0.25) is 4.79 Å². The summed E-state index contributed by atoms with van der Waals surface area (Å²) in [7, 11) is 0. The Morgan fingerprint density at radius 3 is 2.46 bits per heavy atom. The lowest BCUT2D eigenvalue weighted by Gasteiger charge is -2.03. The first-order chi connectivity index (χ1) is 13.2. The summed E-state index contributed by atoms with van der Waals surface area (Å²) < 4.78 is 16.7. The molecule has 0 spiro atoms. The van der Waals surface area contributed by atoms with Crippen molar-refractivity contribution in [2.45, 2.75) is 12.8 Å². The van der Waals surface area contributed by atoms with Gasteiger partial charge in [0.15, 0.2) is 5.65 Å². The normalized spacial score (nSPS) is 15.5. The van der Waals surface area contributed by atoms with Gasteiger partial charge in [0, 0.05) is 17.8 Å². The van der Waals surface area contributed by atoms with E-state index in [9.17, 15) is 9.18 Å². The van der Waals surface area contributed by atoms with E-state index >= 15 is 0 Å². The largest absolute Gasteiger partial charge is 1.00 e. The fraction of sp³-hybridized carbons (Fsp3) is 0.143. The number of nitrogens with zero attached hydrogens (tertiary/aromatic N) is 3. The molecule has 1 aliphatic heterocycles. The molecule has 1 aliphatic rings. The number of benzene rings is 2. The molecule has 5 rings (SSSR count). The van der Waals surface area contributed by atoms with Gasteiger partial charge in [-0.2, -0.15) is 0 Å². The number of hydrogen-bond acceptors (Lipinski definition) is 3. The molecule has 1 N–H and O–H groups in total. The third kappa shape index (κ3) is 2.92. The van der Waals surface area contributed by atoms with E-state index in [1.54, 1.807) is 21.3 Å². The van der Waals surface area contributed by atoms with Crippen LogP contribution in [0, 0.1) is 5.82 Å². The molecule has 0 amide bonds. The van der Waals surface area contributed by atoms with Crippen molar-refractivity contribution < 1.29 is 21.4 Å². The molecule has 3 heterocycles. The number of imidazole rings is 1. The molecule has 2 aromatic heterocycles. The third-order valence-corrected chi connectivity index (χ3v) is 4.92. The molecule has 1 saturated heterocycles. The highest BCUT2D eigenvalue weighted by atomic mass is 79.9. The van der Waals surface area contributed by atoms with Crippen LogP contribution in [-0.2, 0) is 0 Å². The Bertz CT molecular complexity index is 1240. The maximum absolute atomic E-state index is 13.3. The lowest BCUT2D eigenvalue weighted by atomic mass is 10.2. The SMILES string of the molecule is O=c1/c(=C2/CCCN2)c2nc(-c3ccc(F)cc3)cn2n1-c1ccccc1.[Br-]. The highest BCUT2D eigenvalue weighted by Crippen LogP contribution is 2.20. The summed E-state index contributed by atoms with van der Waals surface area (Å²) in [6.45, 7) is 0.864. The van der Waals surface area contributed by atoms with E-state index in [1.807, 2.05) is 36.5 Å². The Balaban J connectivity index is 0.00000192. The second kappa shape index (κ2) is 7.24. The Labute approximate surface area is 170 Å². The number of halogens is 2. The van der Waals surface area contributed by atoms with Crippen molar-refractivity contribution in [1.29, 1.82) is 0 Å². The van der Waals surface area contributed by atoms with E-state index in [4.69, 9.17) is 4.98 Å². The van der Waals surface area contributed by atoms with E-state index in [2.05, 4.69) is 5.32 Å². The Hall–Kier alpha value is -2.93. The topological polar surface area (TPSA) is 51.3 Å². The van der Waals surface area contributed by atoms with Crippen LogP contribution in [0.4, 0.5) is 4.39 Å². The van der Waals surface area contributed by atoms with Gasteiger partial charge in [-0.25, -0.2) is 18.6 Å². The van der Waals surface area contributed by atoms with Crippen molar-refractivity contribution in [2.75, 3.05) is 6.54 Å². The summed E-state index contributed by atoms with van der Waals surface area (Å²) in [6.07, 6.45) is 3.67. The first-order valence-electron chi connectivity index (χ1n) is 8.95. The van der Waals surface area contributed by atoms with Crippen LogP contribution in [0.15, 0.2) is 65.6 Å². The second-order valence-corrected chi connectivity index (χ2v) is 6.64. The van der Waals surface area contributed by atoms with Gasteiger partial charge in [0.05, 0.1) is 17.6 Å². The standard InChI is InChI=1S/C21H17FN4O.BrH/c22-15-10-8-14(9-11-15)18-13-25-20(24-18)19(17-7-4-12-23-17)21(27)26(25)16-5-2-1-3-6-16;/h1-3,5-6,8-11,13,23H,4,7,12H2;1H/p-1/b19-17-;. The molecule has 142 valence electrons. The third-order valence-electron chi connectivity index (χ3n) is 4.92. The quantitative estimate of drug-likeness (QED) is 0.458.